The summed E-state index contributed by atoms with van der Waals surface area (Å²) in [4.78, 5) is 42.3. The molecule has 0 spiro atoms. The van der Waals surface area contributed by atoms with Gasteiger partial charge in [-0.05, 0) is 30.1 Å². The summed E-state index contributed by atoms with van der Waals surface area (Å²) in [6.07, 6.45) is -3.42. The van der Waals surface area contributed by atoms with E-state index >= 15 is 0 Å². The molecule has 37 heavy (non-hydrogen) atoms. The molecule has 0 aliphatic heterocycles. The number of carbonyl (C=O) groups is 2. The molecule has 1 heterocycles. The van der Waals surface area contributed by atoms with Crippen LogP contribution < -0.4 is 27.7 Å². The number of hydrogen-bond donors (Lipinski definition) is 5. The zero-order valence-corrected chi connectivity index (χ0v) is 19.3. The molecule has 12 nitrogen and oxygen atoms in total. The van der Waals surface area contributed by atoms with Crippen LogP contribution in [0.2, 0.25) is 0 Å². The second-order valence-electron chi connectivity index (χ2n) is 7.05. The number of carboxylic acids is 1. The van der Waals surface area contributed by atoms with Gasteiger partial charge in [-0.2, -0.15) is 13.2 Å². The van der Waals surface area contributed by atoms with Gasteiger partial charge in [-0.3, -0.25) is 14.2 Å². The van der Waals surface area contributed by atoms with E-state index < -0.39 is 35.2 Å². The van der Waals surface area contributed by atoms with Gasteiger partial charge in [0.1, 0.15) is 24.8 Å². The Morgan fingerprint density at radius 2 is 1.86 bits per heavy atom. The third kappa shape index (κ3) is 11.2. The molecule has 0 radical (unpaired) electrons. The van der Waals surface area contributed by atoms with Crippen molar-refractivity contribution in [1.29, 1.82) is 0 Å². The highest BCUT2D eigenvalue weighted by atomic mass is 19.4. The fraction of sp³-hybridized carbons (Fsp3) is 0.350. The topological polar surface area (TPSA) is 187 Å². The number of aryl methyl sites for hydroxylation is 1. The molecule has 1 aromatic heterocycles. The number of aliphatic carboxylic acids is 1. The Morgan fingerprint density at radius 1 is 1.22 bits per heavy atom. The number of anilines is 1. The average molecular weight is 537 g/mol. The lowest BCUT2D eigenvalue weighted by molar-refractivity contribution is -0.192. The average Bonchev–Trinajstić information content (AvgIpc) is 2.79. The summed E-state index contributed by atoms with van der Waals surface area (Å²) in [5.74, 6) is -4.71. The number of benzene rings is 1. The number of amides is 1. The number of alkyl halides is 3. The molecule has 0 atom stereocenters. The number of halogens is 5. The Balaban J connectivity index is 0.000000856. The van der Waals surface area contributed by atoms with Crippen LogP contribution in [0.3, 0.4) is 0 Å². The highest BCUT2D eigenvalue weighted by Gasteiger charge is 2.38. The number of carbonyl (C=O) groups excluding carboxylic acids is 1. The van der Waals surface area contributed by atoms with Gasteiger partial charge >= 0.3 is 12.1 Å². The third-order valence-corrected chi connectivity index (χ3v) is 4.19. The van der Waals surface area contributed by atoms with Gasteiger partial charge in [-0.1, -0.05) is 6.07 Å². The summed E-state index contributed by atoms with van der Waals surface area (Å²) >= 11 is 0. The molecule has 1 amide bonds. The van der Waals surface area contributed by atoms with Crippen molar-refractivity contribution in [2.24, 2.45) is 16.6 Å². The molecule has 0 unspecified atom stereocenters. The van der Waals surface area contributed by atoms with Crippen molar-refractivity contribution in [2.45, 2.75) is 26.1 Å². The standard InChI is InChI=1S/C18H23F2N7O3.C2HF3O2/c1-11-9-25-16(24-5-4-12-2-3-13(19)8-14(12)20)17(29)27(11)10-15(28)23-6-7-30-26-18(21)22;3-2(4,5)1(6)7/h2-3,8-9H,4-7,10H2,1H3,(H,23,28)(H,24,25)(H4,21,22,26);(H,6,7). The SMILES string of the molecule is Cc1cnc(NCCc2ccc(F)cc2F)c(=O)n1CC(=O)NCCON=C(N)N.O=C(O)C(F)(F)F. The molecule has 0 fully saturated rings. The second kappa shape index (κ2) is 14.2. The molecule has 0 saturated carbocycles. The van der Waals surface area contributed by atoms with Crippen LogP contribution in [0.5, 0.6) is 0 Å². The summed E-state index contributed by atoms with van der Waals surface area (Å²) in [6, 6.07) is 3.30. The van der Waals surface area contributed by atoms with Crippen molar-refractivity contribution in [3.63, 3.8) is 0 Å². The number of oxime groups is 1. The molecule has 0 saturated heterocycles. The number of hydrogen-bond acceptors (Lipinski definition) is 7. The van der Waals surface area contributed by atoms with E-state index in [1.807, 2.05) is 0 Å². The van der Waals surface area contributed by atoms with Gasteiger partial charge in [0, 0.05) is 24.5 Å². The fourth-order valence-corrected chi connectivity index (χ4v) is 2.48. The van der Waals surface area contributed by atoms with E-state index in [-0.39, 0.29) is 44.4 Å². The van der Waals surface area contributed by atoms with Gasteiger partial charge in [-0.25, -0.2) is 18.6 Å². The number of rotatable bonds is 10. The van der Waals surface area contributed by atoms with Crippen LogP contribution in [-0.2, 0) is 27.4 Å². The van der Waals surface area contributed by atoms with E-state index in [0.29, 0.717) is 11.3 Å². The normalized spacial score (nSPS) is 10.5. The van der Waals surface area contributed by atoms with Crippen LogP contribution in [-0.4, -0.2) is 58.4 Å². The van der Waals surface area contributed by atoms with Gasteiger partial charge in [0.25, 0.3) is 5.56 Å². The predicted octanol–water partition coefficient (Wildman–Crippen LogP) is 0.439. The van der Waals surface area contributed by atoms with Crippen LogP contribution in [0.4, 0.5) is 27.8 Å². The number of nitrogens with two attached hydrogens (primary N) is 2. The van der Waals surface area contributed by atoms with E-state index in [9.17, 15) is 31.5 Å². The van der Waals surface area contributed by atoms with Crippen molar-refractivity contribution in [2.75, 3.05) is 25.0 Å². The molecular formula is C20H24F5N7O5. The highest BCUT2D eigenvalue weighted by Crippen LogP contribution is 2.13. The van der Waals surface area contributed by atoms with Gasteiger partial charge in [0.05, 0.1) is 6.54 Å². The third-order valence-electron chi connectivity index (χ3n) is 4.19. The minimum absolute atomic E-state index is 0.0204. The lowest BCUT2D eigenvalue weighted by Gasteiger charge is -2.12. The van der Waals surface area contributed by atoms with Crippen LogP contribution >= 0.6 is 0 Å². The molecule has 204 valence electrons. The first-order valence-corrected chi connectivity index (χ1v) is 10.2. The van der Waals surface area contributed by atoms with Crippen molar-refractivity contribution >= 4 is 23.7 Å². The minimum Gasteiger partial charge on any atom is -0.475 e. The Bertz CT molecular complexity index is 1170. The summed E-state index contributed by atoms with van der Waals surface area (Å²) < 4.78 is 59.6. The van der Waals surface area contributed by atoms with Crippen LogP contribution in [0.1, 0.15) is 11.3 Å². The number of guanidine groups is 1. The Kier molecular flexibility index (Phi) is 11.7. The number of aromatic nitrogens is 2. The summed E-state index contributed by atoms with van der Waals surface area (Å²) in [5, 5.41) is 15.8. The molecule has 7 N–H and O–H groups in total. The van der Waals surface area contributed by atoms with Crippen LogP contribution in [0, 0.1) is 18.6 Å². The number of nitrogens with zero attached hydrogens (tertiary/aromatic N) is 3. The Morgan fingerprint density at radius 3 is 2.43 bits per heavy atom. The maximum absolute atomic E-state index is 13.7. The maximum Gasteiger partial charge on any atom is 0.490 e. The fourth-order valence-electron chi connectivity index (χ4n) is 2.48. The maximum atomic E-state index is 13.7. The summed E-state index contributed by atoms with van der Waals surface area (Å²) in [5.41, 5.74) is 10.5. The largest absolute Gasteiger partial charge is 0.490 e. The molecule has 0 aliphatic rings. The predicted molar refractivity (Wildman–Crippen MR) is 120 cm³/mol. The lowest BCUT2D eigenvalue weighted by atomic mass is 10.1. The quantitative estimate of drug-likeness (QED) is 0.0942. The number of nitrogens with one attached hydrogen (secondary N) is 2. The zero-order valence-electron chi connectivity index (χ0n) is 19.3. The summed E-state index contributed by atoms with van der Waals surface area (Å²) in [7, 11) is 0. The molecule has 2 aromatic rings. The first-order valence-electron chi connectivity index (χ1n) is 10.2. The van der Waals surface area contributed by atoms with Gasteiger partial charge in [0.2, 0.25) is 11.9 Å². The molecule has 0 aliphatic carbocycles. The molecule has 2 rings (SSSR count). The molecule has 1 aromatic carbocycles. The van der Waals surface area contributed by atoms with Crippen molar-refractivity contribution in [1.82, 2.24) is 14.9 Å². The van der Waals surface area contributed by atoms with Crippen LogP contribution in [0.15, 0.2) is 34.3 Å². The van der Waals surface area contributed by atoms with E-state index in [4.69, 9.17) is 26.2 Å². The smallest absolute Gasteiger partial charge is 0.475 e. The van der Waals surface area contributed by atoms with Gasteiger partial charge in [0.15, 0.2) is 5.82 Å². The van der Waals surface area contributed by atoms with Crippen molar-refractivity contribution < 1.29 is 41.5 Å². The first kappa shape index (κ1) is 30.6. The summed E-state index contributed by atoms with van der Waals surface area (Å²) in [6.45, 7) is 1.81. The molecular weight excluding hydrogens is 513 g/mol. The molecule has 17 heteroatoms. The Labute approximate surface area is 206 Å². The lowest BCUT2D eigenvalue weighted by Crippen LogP contribution is -2.36. The first-order chi connectivity index (χ1) is 17.2. The van der Waals surface area contributed by atoms with E-state index in [0.717, 1.165) is 12.1 Å². The van der Waals surface area contributed by atoms with E-state index in [2.05, 4.69) is 20.8 Å². The monoisotopic (exact) mass is 537 g/mol. The zero-order chi connectivity index (χ0) is 28.2. The Hall–Kier alpha value is -4.44. The van der Waals surface area contributed by atoms with Gasteiger partial charge in [-0.15, -0.1) is 0 Å². The van der Waals surface area contributed by atoms with Gasteiger partial charge < -0.3 is 32.0 Å². The van der Waals surface area contributed by atoms with Crippen LogP contribution in [0.25, 0.3) is 0 Å². The number of carboxylic acid groups (broad SMARTS) is 1. The second-order valence-corrected chi connectivity index (χ2v) is 7.05. The van der Waals surface area contributed by atoms with E-state index in [1.165, 1.54) is 16.8 Å². The minimum atomic E-state index is -5.08. The van der Waals surface area contributed by atoms with Crippen molar-refractivity contribution in [3.8, 4) is 0 Å². The van der Waals surface area contributed by atoms with Crippen molar-refractivity contribution in [3.05, 3.63) is 57.6 Å². The highest BCUT2D eigenvalue weighted by molar-refractivity contribution is 5.76. The molecule has 0 bridgehead atoms. The van der Waals surface area contributed by atoms with E-state index in [1.54, 1.807) is 6.92 Å².